The molecule has 1 N–H and O–H groups in total. The van der Waals surface area contributed by atoms with Crippen LogP contribution in [0.15, 0.2) is 36.9 Å². The molecule has 0 aliphatic carbocycles. The quantitative estimate of drug-likeness (QED) is 0.626. The summed E-state index contributed by atoms with van der Waals surface area (Å²) in [5.41, 5.74) is 1.51. The number of hydrogen-bond acceptors (Lipinski definition) is 5. The van der Waals surface area contributed by atoms with Crippen LogP contribution in [0.25, 0.3) is 16.6 Å². The SMILES string of the molecule is C[C@H]1CC[C@@H](COCC(=O)O)N1c1cc(-n2ccnc2)c2ccc(Cl)c(Cl)c2n1. The summed E-state index contributed by atoms with van der Waals surface area (Å²) in [6.45, 7) is 2.13. The van der Waals surface area contributed by atoms with Crippen molar-refractivity contribution in [1.29, 1.82) is 0 Å². The Labute approximate surface area is 177 Å². The zero-order valence-electron chi connectivity index (χ0n) is 15.8. The van der Waals surface area contributed by atoms with Crippen molar-refractivity contribution in [2.24, 2.45) is 0 Å². The van der Waals surface area contributed by atoms with Crippen molar-refractivity contribution in [2.75, 3.05) is 18.1 Å². The highest BCUT2D eigenvalue weighted by Crippen LogP contribution is 2.37. The summed E-state index contributed by atoms with van der Waals surface area (Å²) in [5, 5.41) is 10.6. The zero-order valence-corrected chi connectivity index (χ0v) is 17.3. The van der Waals surface area contributed by atoms with Gasteiger partial charge in [-0.2, -0.15) is 0 Å². The van der Waals surface area contributed by atoms with E-state index in [1.807, 2.05) is 22.9 Å². The second-order valence-electron chi connectivity index (χ2n) is 7.12. The van der Waals surface area contributed by atoms with Gasteiger partial charge in [-0.3, -0.25) is 0 Å². The number of anilines is 1. The average Bonchev–Trinajstić information content (AvgIpc) is 3.34. The molecule has 0 amide bonds. The van der Waals surface area contributed by atoms with E-state index in [0.717, 1.165) is 29.7 Å². The van der Waals surface area contributed by atoms with Gasteiger partial charge in [-0.15, -0.1) is 0 Å². The molecule has 4 rings (SSSR count). The summed E-state index contributed by atoms with van der Waals surface area (Å²) < 4.78 is 7.29. The molecule has 0 radical (unpaired) electrons. The maximum Gasteiger partial charge on any atom is 0.329 e. The lowest BCUT2D eigenvalue weighted by atomic mass is 10.1. The highest BCUT2D eigenvalue weighted by Gasteiger charge is 2.32. The van der Waals surface area contributed by atoms with Crippen molar-refractivity contribution in [3.05, 3.63) is 47.0 Å². The van der Waals surface area contributed by atoms with Crippen molar-refractivity contribution < 1.29 is 14.6 Å². The Hall–Kier alpha value is -2.35. The third kappa shape index (κ3) is 3.90. The smallest absolute Gasteiger partial charge is 0.329 e. The molecule has 0 bridgehead atoms. The number of imidazole rings is 1. The molecular formula is C20H20Cl2N4O3. The van der Waals surface area contributed by atoms with Crippen LogP contribution < -0.4 is 4.90 Å². The summed E-state index contributed by atoms with van der Waals surface area (Å²) in [4.78, 5) is 22.0. The van der Waals surface area contributed by atoms with Crippen molar-refractivity contribution in [3.63, 3.8) is 0 Å². The van der Waals surface area contributed by atoms with Gasteiger partial charge in [0.05, 0.1) is 40.2 Å². The molecule has 3 aromatic rings. The lowest BCUT2D eigenvalue weighted by molar-refractivity contribution is -0.142. The van der Waals surface area contributed by atoms with Gasteiger partial charge in [-0.05, 0) is 31.9 Å². The van der Waals surface area contributed by atoms with Gasteiger partial charge in [0.1, 0.15) is 12.4 Å². The Kier molecular flexibility index (Phi) is 5.63. The Morgan fingerprint density at radius 2 is 2.17 bits per heavy atom. The Bertz CT molecular complexity index is 1040. The number of aliphatic carboxylic acids is 1. The molecule has 2 aromatic heterocycles. The lowest BCUT2D eigenvalue weighted by Crippen LogP contribution is -2.38. The highest BCUT2D eigenvalue weighted by atomic mass is 35.5. The maximum absolute atomic E-state index is 10.8. The van der Waals surface area contributed by atoms with E-state index < -0.39 is 5.97 Å². The molecule has 1 aliphatic heterocycles. The number of halogens is 2. The van der Waals surface area contributed by atoms with Crippen LogP contribution >= 0.6 is 23.2 Å². The molecule has 0 unspecified atom stereocenters. The molecule has 3 heterocycles. The molecule has 7 nitrogen and oxygen atoms in total. The topological polar surface area (TPSA) is 80.5 Å². The summed E-state index contributed by atoms with van der Waals surface area (Å²) in [6, 6.07) is 5.92. The number of aromatic nitrogens is 3. The van der Waals surface area contributed by atoms with Crippen LogP contribution in [0.4, 0.5) is 5.82 Å². The molecule has 1 fully saturated rings. The first-order valence-corrected chi connectivity index (χ1v) is 10.1. The number of carbonyl (C=O) groups is 1. The first kappa shape index (κ1) is 19.9. The van der Waals surface area contributed by atoms with Gasteiger partial charge in [0.25, 0.3) is 0 Å². The van der Waals surface area contributed by atoms with E-state index in [2.05, 4.69) is 16.8 Å². The second kappa shape index (κ2) is 8.18. The van der Waals surface area contributed by atoms with Gasteiger partial charge in [0.15, 0.2) is 0 Å². The molecule has 0 saturated carbocycles. The van der Waals surface area contributed by atoms with Crippen LogP contribution in [-0.2, 0) is 9.53 Å². The van der Waals surface area contributed by atoms with Gasteiger partial charge in [-0.1, -0.05) is 23.2 Å². The standard InChI is InChI=1S/C20H20Cl2N4O3/c1-12-2-3-13(9-29-10-18(27)28)26(12)17-8-16(25-7-6-23-11-25)14-4-5-15(21)19(22)20(14)24-17/h4-8,11-13H,2-3,9-10H2,1H3,(H,27,28)/t12-,13-/m0/s1. The van der Waals surface area contributed by atoms with E-state index in [1.54, 1.807) is 18.6 Å². The second-order valence-corrected chi connectivity index (χ2v) is 7.91. The third-order valence-electron chi connectivity index (χ3n) is 5.21. The summed E-state index contributed by atoms with van der Waals surface area (Å²) >= 11 is 12.8. The molecule has 2 atom stereocenters. The largest absolute Gasteiger partial charge is 0.480 e. The normalized spacial score (nSPS) is 19.2. The molecular weight excluding hydrogens is 415 g/mol. The van der Waals surface area contributed by atoms with Crippen molar-refractivity contribution in [3.8, 4) is 5.69 Å². The Balaban J connectivity index is 1.80. The number of nitrogens with zero attached hydrogens (tertiary/aromatic N) is 4. The molecule has 29 heavy (non-hydrogen) atoms. The molecule has 1 aromatic carbocycles. The van der Waals surface area contributed by atoms with Gasteiger partial charge in [-0.25, -0.2) is 14.8 Å². The fraction of sp³-hybridized carbons (Fsp3) is 0.350. The number of fused-ring (bicyclic) bond motifs is 1. The molecule has 1 aliphatic rings. The first-order valence-electron chi connectivity index (χ1n) is 9.30. The Morgan fingerprint density at radius 3 is 2.90 bits per heavy atom. The van der Waals surface area contributed by atoms with Crippen LogP contribution in [-0.4, -0.2) is 50.9 Å². The van der Waals surface area contributed by atoms with Crippen LogP contribution in [0.3, 0.4) is 0 Å². The first-order chi connectivity index (χ1) is 14.0. The van der Waals surface area contributed by atoms with Gasteiger partial charge in [0, 0.05) is 29.9 Å². The average molecular weight is 435 g/mol. The minimum atomic E-state index is -0.977. The molecule has 1 saturated heterocycles. The molecule has 9 heteroatoms. The number of ether oxygens (including phenoxy) is 1. The van der Waals surface area contributed by atoms with Crippen molar-refractivity contribution in [2.45, 2.75) is 31.8 Å². The van der Waals surface area contributed by atoms with Crippen LogP contribution in [0, 0.1) is 0 Å². The maximum atomic E-state index is 10.8. The van der Waals surface area contributed by atoms with Crippen molar-refractivity contribution >= 4 is 45.9 Å². The number of carboxylic acids is 1. The number of pyridine rings is 1. The minimum absolute atomic E-state index is 0.0305. The fourth-order valence-corrected chi connectivity index (χ4v) is 4.24. The van der Waals surface area contributed by atoms with Gasteiger partial charge in [0.2, 0.25) is 0 Å². The predicted molar refractivity (Wildman–Crippen MR) is 112 cm³/mol. The van der Waals surface area contributed by atoms with E-state index in [0.29, 0.717) is 22.2 Å². The number of benzene rings is 1. The lowest BCUT2D eigenvalue weighted by Gasteiger charge is -2.30. The summed E-state index contributed by atoms with van der Waals surface area (Å²) in [7, 11) is 0. The summed E-state index contributed by atoms with van der Waals surface area (Å²) in [6.07, 6.45) is 7.16. The van der Waals surface area contributed by atoms with E-state index >= 15 is 0 Å². The zero-order chi connectivity index (χ0) is 20.5. The monoisotopic (exact) mass is 434 g/mol. The van der Waals surface area contributed by atoms with Crippen LogP contribution in [0.1, 0.15) is 19.8 Å². The minimum Gasteiger partial charge on any atom is -0.480 e. The van der Waals surface area contributed by atoms with E-state index in [-0.39, 0.29) is 18.7 Å². The van der Waals surface area contributed by atoms with E-state index in [1.165, 1.54) is 0 Å². The highest BCUT2D eigenvalue weighted by molar-refractivity contribution is 6.45. The molecule has 0 spiro atoms. The van der Waals surface area contributed by atoms with E-state index in [9.17, 15) is 4.79 Å². The number of hydrogen-bond donors (Lipinski definition) is 1. The number of rotatable bonds is 6. The molecule has 152 valence electrons. The van der Waals surface area contributed by atoms with E-state index in [4.69, 9.17) is 38.0 Å². The van der Waals surface area contributed by atoms with Crippen LogP contribution in [0.2, 0.25) is 10.0 Å². The Morgan fingerprint density at radius 1 is 1.34 bits per heavy atom. The third-order valence-corrected chi connectivity index (χ3v) is 6.00. The number of carboxylic acid groups (broad SMARTS) is 1. The van der Waals surface area contributed by atoms with Gasteiger partial charge >= 0.3 is 5.97 Å². The fourth-order valence-electron chi connectivity index (χ4n) is 3.88. The predicted octanol–water partition coefficient (Wildman–Crippen LogP) is 4.19. The van der Waals surface area contributed by atoms with Crippen LogP contribution in [0.5, 0.6) is 0 Å². The van der Waals surface area contributed by atoms with Crippen molar-refractivity contribution in [1.82, 2.24) is 14.5 Å². The summed E-state index contributed by atoms with van der Waals surface area (Å²) in [5.74, 6) is -0.227. The van der Waals surface area contributed by atoms with Gasteiger partial charge < -0.3 is 19.3 Å².